The molecule has 3 heterocycles. The number of unbranched alkanes of at least 4 members (excludes halogenated alkanes) is 2. The number of fused-ring (bicyclic) bond motifs is 1. The Hall–Kier alpha value is -3.49. The molecule has 2 N–H and O–H groups in total. The Morgan fingerprint density at radius 3 is 2.17 bits per heavy atom. The van der Waals surface area contributed by atoms with E-state index < -0.39 is 6.10 Å². The molecule has 0 bridgehead atoms. The SMILES string of the molecule is Cc1ccc(-c2nc3c(nc2-c2ccc(C)cc2)C(O)CN(CCCCCc2nn[nH]n2)C3)cc1. The average Bonchev–Trinajstić information content (AvgIpc) is 3.38. The maximum absolute atomic E-state index is 11.0. The number of aromatic amines is 1. The van der Waals surface area contributed by atoms with E-state index >= 15 is 0 Å². The smallest absolute Gasteiger partial charge is 0.174 e. The van der Waals surface area contributed by atoms with Crippen LogP contribution in [0, 0.1) is 13.8 Å². The Labute approximate surface area is 205 Å². The fourth-order valence-corrected chi connectivity index (χ4v) is 4.55. The highest BCUT2D eigenvalue weighted by molar-refractivity contribution is 5.78. The van der Waals surface area contributed by atoms with E-state index in [4.69, 9.17) is 9.97 Å². The molecule has 4 aromatic rings. The molecule has 0 fully saturated rings. The van der Waals surface area contributed by atoms with Crippen molar-refractivity contribution in [3.63, 3.8) is 0 Å². The van der Waals surface area contributed by atoms with Crippen LogP contribution in [-0.2, 0) is 13.0 Å². The quantitative estimate of drug-likeness (QED) is 0.373. The minimum Gasteiger partial charge on any atom is -0.385 e. The van der Waals surface area contributed by atoms with Gasteiger partial charge in [0, 0.05) is 30.6 Å². The number of tetrazole rings is 1. The molecule has 2 aromatic heterocycles. The van der Waals surface area contributed by atoms with Crippen molar-refractivity contribution < 1.29 is 5.11 Å². The number of β-amino-alcohol motifs (C(OH)–C–C–N with tert-alkyl or cyclic N) is 1. The summed E-state index contributed by atoms with van der Waals surface area (Å²) >= 11 is 0. The van der Waals surface area contributed by atoms with E-state index in [1.54, 1.807) is 0 Å². The zero-order valence-electron chi connectivity index (χ0n) is 20.3. The molecule has 5 rings (SSSR count). The standard InChI is InChI=1S/C27H31N7O/c1-18-7-11-20(12-8-18)25-26(21-13-9-19(2)10-14-21)29-27-22(28-25)16-34(17-23(27)35)15-5-3-4-6-24-30-32-33-31-24/h7-14,23,35H,3-6,15-17H2,1-2H3,(H,30,31,32,33). The Bertz CT molecular complexity index is 1250. The predicted octanol–water partition coefficient (Wildman–Crippen LogP) is 4.20. The number of aliphatic hydroxyl groups excluding tert-OH is 1. The summed E-state index contributed by atoms with van der Waals surface area (Å²) < 4.78 is 0. The molecule has 0 radical (unpaired) electrons. The highest BCUT2D eigenvalue weighted by Gasteiger charge is 2.28. The van der Waals surface area contributed by atoms with Gasteiger partial charge in [-0.15, -0.1) is 10.2 Å². The normalized spacial score (nSPS) is 15.8. The second kappa shape index (κ2) is 10.4. The largest absolute Gasteiger partial charge is 0.385 e. The third-order valence-corrected chi connectivity index (χ3v) is 6.53. The number of nitrogens with one attached hydrogen (secondary N) is 1. The van der Waals surface area contributed by atoms with E-state index in [1.165, 1.54) is 11.1 Å². The van der Waals surface area contributed by atoms with Gasteiger partial charge in [-0.1, -0.05) is 71.3 Å². The monoisotopic (exact) mass is 469 g/mol. The van der Waals surface area contributed by atoms with Crippen molar-refractivity contribution in [2.24, 2.45) is 0 Å². The first-order valence-corrected chi connectivity index (χ1v) is 12.2. The van der Waals surface area contributed by atoms with Crippen molar-refractivity contribution in [3.8, 4) is 22.5 Å². The van der Waals surface area contributed by atoms with Gasteiger partial charge in [-0.25, -0.2) is 9.97 Å². The molecule has 0 spiro atoms. The molecule has 1 atom stereocenters. The topological polar surface area (TPSA) is 104 Å². The van der Waals surface area contributed by atoms with Gasteiger partial charge < -0.3 is 5.11 Å². The molecular weight excluding hydrogens is 438 g/mol. The summed E-state index contributed by atoms with van der Waals surface area (Å²) in [5.41, 5.74) is 7.70. The Balaban J connectivity index is 1.36. The van der Waals surface area contributed by atoms with Crippen molar-refractivity contribution in [3.05, 3.63) is 76.9 Å². The number of hydrogen-bond acceptors (Lipinski definition) is 7. The second-order valence-corrected chi connectivity index (χ2v) is 9.37. The summed E-state index contributed by atoms with van der Waals surface area (Å²) in [7, 11) is 0. The Kier molecular flexibility index (Phi) is 6.92. The van der Waals surface area contributed by atoms with E-state index in [9.17, 15) is 5.11 Å². The molecule has 0 amide bonds. The van der Waals surface area contributed by atoms with E-state index in [-0.39, 0.29) is 0 Å². The molecule has 2 aromatic carbocycles. The van der Waals surface area contributed by atoms with Crippen molar-refractivity contribution in [2.45, 2.75) is 52.2 Å². The number of nitrogens with zero attached hydrogens (tertiary/aromatic N) is 6. The van der Waals surface area contributed by atoms with E-state index in [0.717, 1.165) is 66.3 Å². The molecule has 8 heteroatoms. The van der Waals surface area contributed by atoms with Gasteiger partial charge in [0.15, 0.2) is 5.82 Å². The molecule has 35 heavy (non-hydrogen) atoms. The van der Waals surface area contributed by atoms with Crippen LogP contribution in [0.2, 0.25) is 0 Å². The lowest BCUT2D eigenvalue weighted by Gasteiger charge is -2.31. The molecule has 0 saturated heterocycles. The Morgan fingerprint density at radius 1 is 0.886 bits per heavy atom. The predicted molar refractivity (Wildman–Crippen MR) is 134 cm³/mol. The molecule has 0 aliphatic carbocycles. The van der Waals surface area contributed by atoms with Crippen molar-refractivity contribution in [1.82, 2.24) is 35.5 Å². The van der Waals surface area contributed by atoms with Crippen LogP contribution in [0.1, 0.15) is 53.7 Å². The summed E-state index contributed by atoms with van der Waals surface area (Å²) in [4.78, 5) is 12.4. The van der Waals surface area contributed by atoms with E-state index in [1.807, 2.05) is 0 Å². The maximum atomic E-state index is 11.0. The zero-order valence-corrected chi connectivity index (χ0v) is 20.3. The van der Waals surface area contributed by atoms with Crippen LogP contribution in [0.5, 0.6) is 0 Å². The van der Waals surface area contributed by atoms with Crippen LogP contribution in [-0.4, -0.2) is 53.7 Å². The average molecular weight is 470 g/mol. The van der Waals surface area contributed by atoms with Gasteiger partial charge >= 0.3 is 0 Å². The number of aryl methyl sites for hydroxylation is 3. The highest BCUT2D eigenvalue weighted by Crippen LogP contribution is 2.34. The van der Waals surface area contributed by atoms with Crippen LogP contribution in [0.15, 0.2) is 48.5 Å². The molecule has 180 valence electrons. The van der Waals surface area contributed by atoms with Crippen molar-refractivity contribution >= 4 is 0 Å². The molecule has 8 nitrogen and oxygen atoms in total. The second-order valence-electron chi connectivity index (χ2n) is 9.37. The number of aromatic nitrogens is 6. The van der Waals surface area contributed by atoms with Crippen LogP contribution in [0.4, 0.5) is 0 Å². The fraction of sp³-hybridized carbons (Fsp3) is 0.370. The maximum Gasteiger partial charge on any atom is 0.174 e. The van der Waals surface area contributed by atoms with Gasteiger partial charge in [-0.3, -0.25) is 4.90 Å². The van der Waals surface area contributed by atoms with Gasteiger partial charge in [-0.2, -0.15) is 5.21 Å². The minimum absolute atomic E-state index is 0.573. The third kappa shape index (κ3) is 5.44. The number of aliphatic hydroxyl groups is 1. The Morgan fingerprint density at radius 2 is 1.54 bits per heavy atom. The van der Waals surface area contributed by atoms with Gasteiger partial charge in [0.05, 0.1) is 22.8 Å². The number of H-pyrrole nitrogens is 1. The van der Waals surface area contributed by atoms with Gasteiger partial charge in [-0.05, 0) is 33.2 Å². The summed E-state index contributed by atoms with van der Waals surface area (Å²) in [6.07, 6.45) is 3.31. The summed E-state index contributed by atoms with van der Waals surface area (Å²) in [5, 5.41) is 25.1. The third-order valence-electron chi connectivity index (χ3n) is 6.53. The lowest BCUT2D eigenvalue weighted by atomic mass is 9.99. The fourth-order valence-electron chi connectivity index (χ4n) is 4.55. The number of hydrogen-bond donors (Lipinski definition) is 2. The first kappa shape index (κ1) is 23.3. The van der Waals surface area contributed by atoms with Crippen molar-refractivity contribution in [1.29, 1.82) is 0 Å². The van der Waals surface area contributed by atoms with Gasteiger partial charge in [0.2, 0.25) is 0 Å². The molecule has 1 unspecified atom stereocenters. The number of rotatable bonds is 8. The lowest BCUT2D eigenvalue weighted by Crippen LogP contribution is -2.35. The van der Waals surface area contributed by atoms with E-state index in [2.05, 4.69) is 87.9 Å². The van der Waals surface area contributed by atoms with Crippen LogP contribution >= 0.6 is 0 Å². The van der Waals surface area contributed by atoms with Crippen LogP contribution < -0.4 is 0 Å². The van der Waals surface area contributed by atoms with E-state index in [0.29, 0.717) is 18.8 Å². The lowest BCUT2D eigenvalue weighted by molar-refractivity contribution is 0.0855. The number of benzene rings is 2. The first-order valence-electron chi connectivity index (χ1n) is 12.2. The first-order chi connectivity index (χ1) is 17.1. The molecule has 0 saturated carbocycles. The summed E-state index contributed by atoms with van der Waals surface area (Å²) in [5.74, 6) is 0.760. The van der Waals surface area contributed by atoms with Gasteiger partial charge in [0.1, 0.15) is 6.10 Å². The molecule has 1 aliphatic heterocycles. The molecule has 1 aliphatic rings. The summed E-state index contributed by atoms with van der Waals surface area (Å²) in [6, 6.07) is 16.8. The highest BCUT2D eigenvalue weighted by atomic mass is 16.3. The van der Waals surface area contributed by atoms with Crippen LogP contribution in [0.25, 0.3) is 22.5 Å². The van der Waals surface area contributed by atoms with Gasteiger partial charge in [0.25, 0.3) is 0 Å². The van der Waals surface area contributed by atoms with Crippen molar-refractivity contribution in [2.75, 3.05) is 13.1 Å². The molecular formula is C27H31N7O. The van der Waals surface area contributed by atoms with Crippen LogP contribution in [0.3, 0.4) is 0 Å². The summed E-state index contributed by atoms with van der Waals surface area (Å²) in [6.45, 7) is 6.33. The zero-order chi connectivity index (χ0) is 24.2. The minimum atomic E-state index is -0.651.